The van der Waals surface area contributed by atoms with E-state index in [0.29, 0.717) is 12.0 Å². The summed E-state index contributed by atoms with van der Waals surface area (Å²) in [6, 6.07) is 12.6. The van der Waals surface area contributed by atoms with E-state index in [1.807, 2.05) is 24.3 Å². The van der Waals surface area contributed by atoms with Crippen LogP contribution in [0.3, 0.4) is 0 Å². The molecule has 2 aromatic rings. The van der Waals surface area contributed by atoms with E-state index in [0.717, 1.165) is 9.13 Å². The molecule has 0 saturated carbocycles. The van der Waals surface area contributed by atoms with Crippen molar-refractivity contribution in [1.82, 2.24) is 5.32 Å². The number of carbonyl (C=O) groups excluding carboxylic acids is 2. The smallest absolute Gasteiger partial charge is 0.328 e. The van der Waals surface area contributed by atoms with E-state index in [4.69, 9.17) is 4.74 Å². The lowest BCUT2D eigenvalue weighted by molar-refractivity contribution is -0.145. The van der Waals surface area contributed by atoms with Crippen molar-refractivity contribution < 1.29 is 18.7 Å². The van der Waals surface area contributed by atoms with Gasteiger partial charge < -0.3 is 10.1 Å². The molecule has 0 spiro atoms. The minimum atomic E-state index is -0.785. The number of ether oxygens (including phenoxy) is 1. The summed E-state index contributed by atoms with van der Waals surface area (Å²) >= 11 is 2.18. The van der Waals surface area contributed by atoms with Gasteiger partial charge in [0.05, 0.1) is 13.5 Å². The Morgan fingerprint density at radius 3 is 2.62 bits per heavy atom. The molecule has 2 aromatic carbocycles. The summed E-state index contributed by atoms with van der Waals surface area (Å²) in [7, 11) is 1.28. The van der Waals surface area contributed by atoms with E-state index in [2.05, 4.69) is 27.9 Å². The van der Waals surface area contributed by atoms with Crippen molar-refractivity contribution in [3.8, 4) is 0 Å². The molecule has 0 aliphatic heterocycles. The van der Waals surface area contributed by atoms with Crippen LogP contribution >= 0.6 is 22.6 Å². The molecule has 0 unspecified atom stereocenters. The normalized spacial score (nSPS) is 11.6. The predicted octanol–water partition coefficient (Wildman–Crippen LogP) is 2.87. The average Bonchev–Trinajstić information content (AvgIpc) is 2.55. The van der Waals surface area contributed by atoms with Crippen molar-refractivity contribution in [2.45, 2.75) is 18.9 Å². The monoisotopic (exact) mass is 441 g/mol. The summed E-state index contributed by atoms with van der Waals surface area (Å²) in [5.41, 5.74) is 1.49. The minimum Gasteiger partial charge on any atom is -0.467 e. The van der Waals surface area contributed by atoms with Gasteiger partial charge in [0.2, 0.25) is 5.91 Å². The second-order valence-electron chi connectivity index (χ2n) is 5.25. The highest BCUT2D eigenvalue weighted by Gasteiger charge is 2.22. The quantitative estimate of drug-likeness (QED) is 0.554. The molecule has 126 valence electrons. The summed E-state index contributed by atoms with van der Waals surface area (Å²) in [6.07, 6.45) is 0.331. The van der Waals surface area contributed by atoms with Crippen LogP contribution in [0.5, 0.6) is 0 Å². The highest BCUT2D eigenvalue weighted by atomic mass is 127. The fourth-order valence-corrected chi connectivity index (χ4v) is 2.90. The highest BCUT2D eigenvalue weighted by Crippen LogP contribution is 2.14. The molecule has 0 heterocycles. The van der Waals surface area contributed by atoms with Crippen LogP contribution in [0.25, 0.3) is 0 Å². The zero-order valence-electron chi connectivity index (χ0n) is 13.1. The van der Waals surface area contributed by atoms with Gasteiger partial charge in [0, 0.05) is 9.99 Å². The van der Waals surface area contributed by atoms with Gasteiger partial charge in [-0.1, -0.05) is 30.3 Å². The Balaban J connectivity index is 2.07. The van der Waals surface area contributed by atoms with E-state index in [9.17, 15) is 14.0 Å². The number of methoxy groups -OCH3 is 1. The molecular formula is C18H17FINO3. The van der Waals surface area contributed by atoms with Gasteiger partial charge in [-0.05, 0) is 51.9 Å². The summed E-state index contributed by atoms with van der Waals surface area (Å²) in [5, 5.41) is 2.67. The molecule has 6 heteroatoms. The number of halogens is 2. The maximum atomic E-state index is 13.2. The van der Waals surface area contributed by atoms with Crippen molar-refractivity contribution in [2.75, 3.05) is 7.11 Å². The molecule has 1 atom stereocenters. The number of benzene rings is 2. The van der Waals surface area contributed by atoms with Gasteiger partial charge >= 0.3 is 5.97 Å². The van der Waals surface area contributed by atoms with Gasteiger partial charge in [0.25, 0.3) is 0 Å². The zero-order chi connectivity index (χ0) is 17.5. The van der Waals surface area contributed by atoms with E-state index in [1.54, 1.807) is 12.1 Å². The van der Waals surface area contributed by atoms with Gasteiger partial charge in [-0.25, -0.2) is 9.18 Å². The third-order valence-corrected chi connectivity index (χ3v) is 4.51. The molecule has 0 fully saturated rings. The topological polar surface area (TPSA) is 55.4 Å². The van der Waals surface area contributed by atoms with Crippen molar-refractivity contribution in [3.63, 3.8) is 0 Å². The molecule has 0 aliphatic rings. The van der Waals surface area contributed by atoms with Crippen LogP contribution in [0.15, 0.2) is 48.5 Å². The third-order valence-electron chi connectivity index (χ3n) is 3.46. The Hall–Kier alpha value is -1.96. The largest absolute Gasteiger partial charge is 0.467 e. The molecule has 0 aromatic heterocycles. The van der Waals surface area contributed by atoms with Crippen LogP contribution in [0.1, 0.15) is 11.1 Å². The van der Waals surface area contributed by atoms with Gasteiger partial charge in [0.1, 0.15) is 11.9 Å². The minimum absolute atomic E-state index is 0.00284. The van der Waals surface area contributed by atoms with E-state index >= 15 is 0 Å². The maximum absolute atomic E-state index is 13.2. The van der Waals surface area contributed by atoms with Crippen LogP contribution in [0.4, 0.5) is 4.39 Å². The Bertz CT molecular complexity index is 736. The van der Waals surface area contributed by atoms with Crippen molar-refractivity contribution >= 4 is 34.5 Å². The molecule has 1 amide bonds. The van der Waals surface area contributed by atoms with Crippen LogP contribution in [0.2, 0.25) is 0 Å². The first-order valence-corrected chi connectivity index (χ1v) is 8.42. The summed E-state index contributed by atoms with van der Waals surface area (Å²) in [4.78, 5) is 24.2. The summed E-state index contributed by atoms with van der Waals surface area (Å²) in [5.74, 6) is -1.27. The van der Waals surface area contributed by atoms with Crippen molar-refractivity contribution in [3.05, 3.63) is 69.0 Å². The first-order valence-electron chi connectivity index (χ1n) is 7.34. The molecule has 0 aliphatic carbocycles. The van der Waals surface area contributed by atoms with Crippen LogP contribution in [0, 0.1) is 9.39 Å². The number of nitrogens with one attached hydrogen (secondary N) is 1. The van der Waals surface area contributed by atoms with Crippen LogP contribution in [-0.2, 0) is 27.2 Å². The lowest BCUT2D eigenvalue weighted by atomic mass is 10.1. The van der Waals surface area contributed by atoms with E-state index < -0.39 is 17.8 Å². The van der Waals surface area contributed by atoms with Crippen LogP contribution in [-0.4, -0.2) is 25.0 Å². The van der Waals surface area contributed by atoms with E-state index in [1.165, 1.54) is 19.2 Å². The molecule has 24 heavy (non-hydrogen) atoms. The summed E-state index contributed by atoms with van der Waals surface area (Å²) < 4.78 is 19.0. The lowest BCUT2D eigenvalue weighted by Gasteiger charge is -2.17. The fraction of sp³-hybridized carbons (Fsp3) is 0.222. The molecule has 0 radical (unpaired) electrons. The van der Waals surface area contributed by atoms with E-state index in [-0.39, 0.29) is 12.3 Å². The molecule has 0 saturated heterocycles. The molecule has 0 bridgehead atoms. The molecular weight excluding hydrogens is 424 g/mol. The average molecular weight is 441 g/mol. The van der Waals surface area contributed by atoms with Crippen molar-refractivity contribution in [1.29, 1.82) is 0 Å². The Labute approximate surface area is 153 Å². The Kier molecular flexibility index (Phi) is 6.72. The first kappa shape index (κ1) is 18.4. The predicted molar refractivity (Wildman–Crippen MR) is 96.9 cm³/mol. The SMILES string of the molecule is COC(=O)[C@@H](Cc1ccccc1I)NC(=O)Cc1cccc(F)c1. The fourth-order valence-electron chi connectivity index (χ4n) is 2.30. The number of hydrogen-bond donors (Lipinski definition) is 1. The van der Waals surface area contributed by atoms with Gasteiger partial charge in [0.15, 0.2) is 0 Å². The Morgan fingerprint density at radius 1 is 1.21 bits per heavy atom. The maximum Gasteiger partial charge on any atom is 0.328 e. The second kappa shape index (κ2) is 8.77. The van der Waals surface area contributed by atoms with Crippen LogP contribution < -0.4 is 5.32 Å². The lowest BCUT2D eigenvalue weighted by Crippen LogP contribution is -2.43. The number of carbonyl (C=O) groups is 2. The third kappa shape index (κ3) is 5.30. The van der Waals surface area contributed by atoms with Gasteiger partial charge in [-0.3, -0.25) is 4.79 Å². The Morgan fingerprint density at radius 2 is 1.96 bits per heavy atom. The first-order chi connectivity index (χ1) is 11.5. The summed E-state index contributed by atoms with van der Waals surface area (Å²) in [6.45, 7) is 0. The number of amides is 1. The molecule has 4 nitrogen and oxygen atoms in total. The van der Waals surface area contributed by atoms with Gasteiger partial charge in [-0.15, -0.1) is 0 Å². The van der Waals surface area contributed by atoms with Crippen molar-refractivity contribution in [2.24, 2.45) is 0 Å². The number of rotatable bonds is 6. The number of esters is 1. The molecule has 1 N–H and O–H groups in total. The zero-order valence-corrected chi connectivity index (χ0v) is 15.2. The van der Waals surface area contributed by atoms with Gasteiger partial charge in [-0.2, -0.15) is 0 Å². The standard InChI is InChI=1S/C18H17FINO3/c1-24-18(23)16(11-13-6-2-3-8-15(13)20)21-17(22)10-12-5-4-7-14(19)9-12/h2-9,16H,10-11H2,1H3,(H,21,22)/t16-/m1/s1. The molecule has 2 rings (SSSR count). The number of hydrogen-bond acceptors (Lipinski definition) is 3. The highest BCUT2D eigenvalue weighted by molar-refractivity contribution is 14.1. The second-order valence-corrected chi connectivity index (χ2v) is 6.41.